The summed E-state index contributed by atoms with van der Waals surface area (Å²) in [6.45, 7) is -0.357. The van der Waals surface area contributed by atoms with E-state index in [0.717, 1.165) is 4.90 Å². The van der Waals surface area contributed by atoms with E-state index in [1.54, 1.807) is 38.5 Å². The van der Waals surface area contributed by atoms with Crippen LogP contribution in [-0.2, 0) is 9.59 Å². The molecule has 1 N–H and O–H groups in total. The number of methoxy groups -OCH3 is 2. The number of benzene rings is 2. The lowest BCUT2D eigenvalue weighted by Crippen LogP contribution is -2.35. The normalized spacial score (nSPS) is 10.2. The number of hydrogen-bond donors (Lipinski definition) is 1. The number of thioether (sulfide) groups is 1. The number of aliphatic carboxylic acids is 1. The van der Waals surface area contributed by atoms with E-state index >= 15 is 0 Å². The molecule has 0 heterocycles. The van der Waals surface area contributed by atoms with Crippen LogP contribution in [0.5, 0.6) is 11.5 Å². The van der Waals surface area contributed by atoms with E-state index < -0.39 is 5.97 Å². The molecule has 0 saturated carbocycles. The molecule has 0 bridgehead atoms. The first kappa shape index (κ1) is 19.7. The van der Waals surface area contributed by atoms with Crippen LogP contribution in [-0.4, -0.2) is 43.5 Å². The van der Waals surface area contributed by atoms with E-state index in [-0.39, 0.29) is 18.9 Å². The van der Waals surface area contributed by atoms with Gasteiger partial charge in [0.25, 0.3) is 0 Å². The Bertz CT molecular complexity index is 751. The summed E-state index contributed by atoms with van der Waals surface area (Å²) >= 11 is 1.50. The topological polar surface area (TPSA) is 76.1 Å². The van der Waals surface area contributed by atoms with E-state index in [9.17, 15) is 9.59 Å². The number of carboxylic acid groups (broad SMARTS) is 1. The van der Waals surface area contributed by atoms with Crippen molar-refractivity contribution in [3.05, 3.63) is 48.5 Å². The fourth-order valence-electron chi connectivity index (χ4n) is 2.36. The molecule has 0 aliphatic heterocycles. The average Bonchev–Trinajstić information content (AvgIpc) is 2.66. The standard InChI is InChI=1S/C19H21NO5S/c1-24-16-9-8-15(12-17(16)25-2)26-11-10-18(21)20(13-19(22)23)14-6-4-3-5-7-14/h3-9,12H,10-11,13H2,1-2H3,(H,22,23). The lowest BCUT2D eigenvalue weighted by molar-refractivity contribution is -0.136. The first-order chi connectivity index (χ1) is 12.5. The second-order valence-corrected chi connectivity index (χ2v) is 6.49. The summed E-state index contributed by atoms with van der Waals surface area (Å²) in [4.78, 5) is 25.8. The predicted octanol–water partition coefficient (Wildman–Crippen LogP) is 3.30. The maximum absolute atomic E-state index is 12.5. The van der Waals surface area contributed by atoms with Crippen LogP contribution >= 0.6 is 11.8 Å². The second kappa shape index (κ2) is 9.72. The SMILES string of the molecule is COc1ccc(SCCC(=O)N(CC(=O)O)c2ccccc2)cc1OC. The fraction of sp³-hybridized carbons (Fsp3) is 0.263. The summed E-state index contributed by atoms with van der Waals surface area (Å²) in [5.41, 5.74) is 0.580. The zero-order valence-electron chi connectivity index (χ0n) is 14.7. The molecular formula is C19H21NO5S. The number of nitrogens with zero attached hydrogens (tertiary/aromatic N) is 1. The van der Waals surface area contributed by atoms with Crippen molar-refractivity contribution in [2.45, 2.75) is 11.3 Å². The van der Waals surface area contributed by atoms with Crippen molar-refractivity contribution in [2.75, 3.05) is 31.4 Å². The fourth-order valence-corrected chi connectivity index (χ4v) is 3.23. The zero-order valence-corrected chi connectivity index (χ0v) is 15.5. The average molecular weight is 375 g/mol. The van der Waals surface area contributed by atoms with Crippen LogP contribution in [0.25, 0.3) is 0 Å². The minimum atomic E-state index is -1.05. The number of hydrogen-bond acceptors (Lipinski definition) is 5. The number of rotatable bonds is 9. The summed E-state index contributed by atoms with van der Waals surface area (Å²) in [7, 11) is 3.14. The predicted molar refractivity (Wildman–Crippen MR) is 101 cm³/mol. The first-order valence-electron chi connectivity index (χ1n) is 7.97. The molecule has 0 fully saturated rings. The molecule has 1 amide bonds. The Kier molecular flexibility index (Phi) is 7.35. The molecule has 0 aromatic heterocycles. The molecule has 2 aromatic rings. The van der Waals surface area contributed by atoms with E-state index in [4.69, 9.17) is 14.6 Å². The lowest BCUT2D eigenvalue weighted by atomic mass is 10.2. The number of carboxylic acids is 1. The van der Waals surface area contributed by atoms with Crippen molar-refractivity contribution in [1.82, 2.24) is 0 Å². The third kappa shape index (κ3) is 5.42. The van der Waals surface area contributed by atoms with Gasteiger partial charge in [-0.05, 0) is 30.3 Å². The molecule has 7 heteroatoms. The van der Waals surface area contributed by atoms with Gasteiger partial charge in [-0.2, -0.15) is 0 Å². The maximum atomic E-state index is 12.5. The molecule has 2 aromatic carbocycles. The molecule has 0 unspecified atom stereocenters. The van der Waals surface area contributed by atoms with Gasteiger partial charge in [0.2, 0.25) is 5.91 Å². The Morgan fingerprint density at radius 2 is 1.73 bits per heavy atom. The van der Waals surface area contributed by atoms with Gasteiger partial charge in [0.15, 0.2) is 11.5 Å². The van der Waals surface area contributed by atoms with Gasteiger partial charge in [0.05, 0.1) is 14.2 Å². The van der Waals surface area contributed by atoms with Crippen molar-refractivity contribution in [1.29, 1.82) is 0 Å². The van der Waals surface area contributed by atoms with Crippen LogP contribution in [0.4, 0.5) is 5.69 Å². The Morgan fingerprint density at radius 3 is 2.35 bits per heavy atom. The zero-order chi connectivity index (χ0) is 18.9. The molecule has 0 spiro atoms. The van der Waals surface area contributed by atoms with Gasteiger partial charge in [0.1, 0.15) is 6.54 Å². The van der Waals surface area contributed by atoms with Crippen molar-refractivity contribution in [3.8, 4) is 11.5 Å². The van der Waals surface area contributed by atoms with E-state index in [1.807, 2.05) is 24.3 Å². The van der Waals surface area contributed by atoms with Crippen LogP contribution in [0.3, 0.4) is 0 Å². The molecule has 6 nitrogen and oxygen atoms in total. The molecule has 138 valence electrons. The Morgan fingerprint density at radius 1 is 1.04 bits per heavy atom. The molecule has 0 atom stereocenters. The Labute approximate surface area is 156 Å². The number of anilines is 1. The summed E-state index contributed by atoms with van der Waals surface area (Å²) in [6, 6.07) is 14.4. The summed E-state index contributed by atoms with van der Waals surface area (Å²) in [5.74, 6) is 0.517. The van der Waals surface area contributed by atoms with Crippen molar-refractivity contribution in [2.24, 2.45) is 0 Å². The van der Waals surface area contributed by atoms with Crippen LogP contribution in [0, 0.1) is 0 Å². The van der Waals surface area contributed by atoms with Crippen LogP contribution in [0.15, 0.2) is 53.4 Å². The van der Waals surface area contributed by atoms with Crippen LogP contribution < -0.4 is 14.4 Å². The smallest absolute Gasteiger partial charge is 0.323 e. The second-order valence-electron chi connectivity index (χ2n) is 5.32. The monoisotopic (exact) mass is 375 g/mol. The molecule has 26 heavy (non-hydrogen) atoms. The van der Waals surface area contributed by atoms with Crippen molar-refractivity contribution >= 4 is 29.3 Å². The summed E-state index contributed by atoms with van der Waals surface area (Å²) < 4.78 is 10.5. The first-order valence-corrected chi connectivity index (χ1v) is 8.95. The Hall–Kier alpha value is -2.67. The highest BCUT2D eigenvalue weighted by Gasteiger charge is 2.18. The highest BCUT2D eigenvalue weighted by atomic mass is 32.2. The van der Waals surface area contributed by atoms with Gasteiger partial charge in [-0.25, -0.2) is 0 Å². The van der Waals surface area contributed by atoms with Gasteiger partial charge in [-0.1, -0.05) is 18.2 Å². The number of para-hydroxylation sites is 1. The third-order valence-corrected chi connectivity index (χ3v) is 4.60. The third-order valence-electron chi connectivity index (χ3n) is 3.60. The molecular weight excluding hydrogens is 354 g/mol. The number of ether oxygens (including phenoxy) is 2. The number of carbonyl (C=O) groups excluding carboxylic acids is 1. The van der Waals surface area contributed by atoms with Crippen LogP contribution in [0.2, 0.25) is 0 Å². The van der Waals surface area contributed by atoms with E-state index in [2.05, 4.69) is 0 Å². The van der Waals surface area contributed by atoms with Gasteiger partial charge in [-0.15, -0.1) is 11.8 Å². The van der Waals surface area contributed by atoms with Gasteiger partial charge in [0, 0.05) is 22.8 Å². The quantitative estimate of drug-likeness (QED) is 0.678. The molecule has 2 rings (SSSR count). The molecule has 0 aliphatic rings. The van der Waals surface area contributed by atoms with Gasteiger partial charge < -0.3 is 19.5 Å². The molecule has 0 radical (unpaired) electrons. The minimum Gasteiger partial charge on any atom is -0.493 e. The van der Waals surface area contributed by atoms with Gasteiger partial charge >= 0.3 is 5.97 Å². The van der Waals surface area contributed by atoms with Gasteiger partial charge in [-0.3, -0.25) is 9.59 Å². The van der Waals surface area contributed by atoms with E-state index in [1.165, 1.54) is 16.7 Å². The molecule has 0 aliphatic carbocycles. The van der Waals surface area contributed by atoms with E-state index in [0.29, 0.717) is 22.9 Å². The summed E-state index contributed by atoms with van der Waals surface area (Å²) in [5, 5.41) is 9.08. The number of carbonyl (C=O) groups is 2. The number of amides is 1. The highest BCUT2D eigenvalue weighted by Crippen LogP contribution is 2.32. The highest BCUT2D eigenvalue weighted by molar-refractivity contribution is 7.99. The minimum absolute atomic E-state index is 0.223. The maximum Gasteiger partial charge on any atom is 0.323 e. The molecule has 0 saturated heterocycles. The summed E-state index contributed by atoms with van der Waals surface area (Å²) in [6.07, 6.45) is 0.223. The Balaban J connectivity index is 1.98. The van der Waals surface area contributed by atoms with Crippen molar-refractivity contribution in [3.63, 3.8) is 0 Å². The van der Waals surface area contributed by atoms with Crippen molar-refractivity contribution < 1.29 is 24.2 Å². The lowest BCUT2D eigenvalue weighted by Gasteiger charge is -2.20. The largest absolute Gasteiger partial charge is 0.493 e. The van der Waals surface area contributed by atoms with Crippen LogP contribution in [0.1, 0.15) is 6.42 Å².